The molecule has 186 valence electrons. The smallest absolute Gasteiger partial charge is 0.330 e. The monoisotopic (exact) mass is 475 g/mol. The summed E-state index contributed by atoms with van der Waals surface area (Å²) in [6.07, 6.45) is 4.53. The van der Waals surface area contributed by atoms with Crippen LogP contribution >= 0.6 is 0 Å². The number of anilines is 1. The molecular weight excluding hydrogens is 438 g/mol. The van der Waals surface area contributed by atoms with Gasteiger partial charge in [-0.1, -0.05) is 45.7 Å². The van der Waals surface area contributed by atoms with E-state index in [1.54, 1.807) is 11.6 Å². The van der Waals surface area contributed by atoms with Crippen molar-refractivity contribution in [3.63, 3.8) is 0 Å². The first-order chi connectivity index (χ1) is 16.7. The van der Waals surface area contributed by atoms with Gasteiger partial charge in [0.15, 0.2) is 5.65 Å². The Balaban J connectivity index is 1.30. The Morgan fingerprint density at radius 1 is 0.971 bits per heavy atom. The molecule has 0 radical (unpaired) electrons. The minimum absolute atomic E-state index is 0.00187. The van der Waals surface area contributed by atoms with Crippen molar-refractivity contribution in [3.05, 3.63) is 46.9 Å². The minimum Gasteiger partial charge on any atom is -0.368 e. The number of piperazine rings is 1. The van der Waals surface area contributed by atoms with Crippen molar-refractivity contribution >= 4 is 22.8 Å². The molecule has 1 aliphatic carbocycles. The number of carbonyl (C=O) groups is 1. The molecule has 3 heterocycles. The number of nitrogens with zero attached hydrogens (tertiary/aromatic N) is 5. The molecule has 7 heteroatoms. The third kappa shape index (κ3) is 4.73. The molecule has 1 aromatic carbocycles. The molecule has 0 N–H and O–H groups in total. The second-order valence-corrected chi connectivity index (χ2v) is 11.4. The molecule has 7 nitrogen and oxygen atoms in total. The first-order valence-corrected chi connectivity index (χ1v) is 12.9. The largest absolute Gasteiger partial charge is 0.368 e. The van der Waals surface area contributed by atoms with Crippen molar-refractivity contribution in [2.45, 2.75) is 53.0 Å². The fourth-order valence-corrected chi connectivity index (χ4v) is 5.52. The maximum absolute atomic E-state index is 12.8. The van der Waals surface area contributed by atoms with Crippen molar-refractivity contribution in [2.24, 2.45) is 18.4 Å². The van der Waals surface area contributed by atoms with E-state index in [1.165, 1.54) is 18.5 Å². The van der Waals surface area contributed by atoms with Crippen molar-refractivity contribution in [2.75, 3.05) is 31.1 Å². The van der Waals surface area contributed by atoms with E-state index in [0.717, 1.165) is 55.8 Å². The molecule has 3 aromatic rings. The summed E-state index contributed by atoms with van der Waals surface area (Å²) in [5, 5.41) is 0. The number of aryl methyl sites for hydroxylation is 1. The molecule has 1 amide bonds. The van der Waals surface area contributed by atoms with Crippen molar-refractivity contribution in [1.29, 1.82) is 0 Å². The molecule has 1 aliphatic heterocycles. The lowest BCUT2D eigenvalue weighted by Gasteiger charge is -2.37. The first-order valence-electron chi connectivity index (χ1n) is 12.9. The van der Waals surface area contributed by atoms with E-state index in [9.17, 15) is 9.59 Å². The lowest BCUT2D eigenvalue weighted by atomic mass is 9.97. The van der Waals surface area contributed by atoms with Gasteiger partial charge in [-0.25, -0.2) is 9.78 Å². The highest BCUT2D eigenvalue weighted by atomic mass is 16.2. The van der Waals surface area contributed by atoms with E-state index in [4.69, 9.17) is 4.98 Å². The van der Waals surface area contributed by atoms with Gasteiger partial charge >= 0.3 is 5.69 Å². The van der Waals surface area contributed by atoms with Crippen molar-refractivity contribution in [1.82, 2.24) is 19.0 Å². The molecular formula is C28H37N5O2. The number of aromatic nitrogens is 3. The summed E-state index contributed by atoms with van der Waals surface area (Å²) >= 11 is 0. The quantitative estimate of drug-likeness (QED) is 0.565. The van der Waals surface area contributed by atoms with Crippen molar-refractivity contribution < 1.29 is 4.79 Å². The molecule has 2 aromatic heterocycles. The summed E-state index contributed by atoms with van der Waals surface area (Å²) in [4.78, 5) is 34.8. The Morgan fingerprint density at radius 3 is 2.26 bits per heavy atom. The van der Waals surface area contributed by atoms with Gasteiger partial charge in [0.1, 0.15) is 0 Å². The molecule has 1 saturated heterocycles. The van der Waals surface area contributed by atoms with Gasteiger partial charge in [-0.15, -0.1) is 0 Å². The number of carbonyl (C=O) groups excluding carboxylic acids is 1. The summed E-state index contributed by atoms with van der Waals surface area (Å²) in [7, 11) is 1.79. The van der Waals surface area contributed by atoms with Gasteiger partial charge in [-0.05, 0) is 42.5 Å². The Labute approximate surface area is 207 Å². The third-order valence-corrected chi connectivity index (χ3v) is 7.44. The summed E-state index contributed by atoms with van der Waals surface area (Å²) in [5.41, 5.74) is 4.62. The molecule has 2 aliphatic rings. The number of imidazole rings is 1. The van der Waals surface area contributed by atoms with Gasteiger partial charge in [0.2, 0.25) is 5.91 Å². The maximum Gasteiger partial charge on any atom is 0.330 e. The molecule has 0 spiro atoms. The van der Waals surface area contributed by atoms with Gasteiger partial charge < -0.3 is 9.80 Å². The molecule has 5 rings (SSSR count). The summed E-state index contributed by atoms with van der Waals surface area (Å²) in [5.74, 6) is 0.625. The maximum atomic E-state index is 12.8. The Kier molecular flexibility index (Phi) is 6.20. The Morgan fingerprint density at radius 2 is 1.63 bits per heavy atom. The Bertz CT molecular complexity index is 1270. The zero-order valence-electron chi connectivity index (χ0n) is 21.5. The molecule has 0 unspecified atom stereocenters. The average Bonchev–Trinajstić information content (AvgIpc) is 3.47. The highest BCUT2D eigenvalue weighted by Gasteiger charge is 2.29. The normalized spacial score (nSPS) is 17.5. The van der Waals surface area contributed by atoms with Crippen LogP contribution in [-0.2, 0) is 18.4 Å². The highest BCUT2D eigenvalue weighted by molar-refractivity contribution is 5.79. The second-order valence-electron chi connectivity index (χ2n) is 11.4. The predicted molar refractivity (Wildman–Crippen MR) is 141 cm³/mol. The average molecular weight is 476 g/mol. The standard InChI is InChI=1S/C28H37N5O2/c1-28(2,3)19-33-24-14-13-23(29-25(24)30(4)27(33)35)20-9-11-22(12-10-20)31-15-17-32(18-16-31)26(34)21-7-5-6-8-21/h9-14,21H,5-8,15-19H2,1-4H3. The molecule has 0 bridgehead atoms. The first kappa shape index (κ1) is 23.6. The van der Waals surface area contributed by atoms with Crippen LogP contribution in [-0.4, -0.2) is 51.1 Å². The van der Waals surface area contributed by atoms with Gasteiger partial charge in [0.05, 0.1) is 11.2 Å². The number of fused-ring (bicyclic) bond motifs is 1. The van der Waals surface area contributed by atoms with Crippen LogP contribution in [0.15, 0.2) is 41.2 Å². The van der Waals surface area contributed by atoms with E-state index in [-0.39, 0.29) is 17.0 Å². The lowest BCUT2D eigenvalue weighted by molar-refractivity contribution is -0.135. The van der Waals surface area contributed by atoms with Crippen LogP contribution in [0.1, 0.15) is 46.5 Å². The Hall–Kier alpha value is -3.09. The van der Waals surface area contributed by atoms with Crippen LogP contribution in [0.4, 0.5) is 5.69 Å². The number of amides is 1. The number of pyridine rings is 1. The number of hydrogen-bond acceptors (Lipinski definition) is 4. The van der Waals surface area contributed by atoms with E-state index in [2.05, 4.69) is 54.8 Å². The zero-order valence-corrected chi connectivity index (χ0v) is 21.5. The van der Waals surface area contributed by atoms with Gasteiger partial charge in [0.25, 0.3) is 0 Å². The fourth-order valence-electron chi connectivity index (χ4n) is 5.52. The van der Waals surface area contributed by atoms with Gasteiger partial charge in [-0.2, -0.15) is 0 Å². The van der Waals surface area contributed by atoms with E-state index >= 15 is 0 Å². The molecule has 1 saturated carbocycles. The predicted octanol–water partition coefficient (Wildman–Crippen LogP) is 4.29. The van der Waals surface area contributed by atoms with Crippen LogP contribution in [0.5, 0.6) is 0 Å². The SMILES string of the molecule is Cn1c(=O)n(CC(C)(C)C)c2ccc(-c3ccc(N4CCN(C(=O)C5CCCC5)CC4)cc3)nc21. The van der Waals surface area contributed by atoms with Crippen LogP contribution in [0.3, 0.4) is 0 Å². The van der Waals surface area contributed by atoms with Crippen LogP contribution in [0.2, 0.25) is 0 Å². The topological polar surface area (TPSA) is 63.4 Å². The van der Waals surface area contributed by atoms with Crippen LogP contribution in [0.25, 0.3) is 22.4 Å². The highest BCUT2D eigenvalue weighted by Crippen LogP contribution is 2.28. The van der Waals surface area contributed by atoms with E-state index in [1.807, 2.05) is 16.7 Å². The van der Waals surface area contributed by atoms with Crippen molar-refractivity contribution in [3.8, 4) is 11.3 Å². The van der Waals surface area contributed by atoms with Crippen LogP contribution < -0.4 is 10.6 Å². The summed E-state index contributed by atoms with van der Waals surface area (Å²) < 4.78 is 3.47. The molecule has 35 heavy (non-hydrogen) atoms. The number of hydrogen-bond donors (Lipinski definition) is 0. The van der Waals surface area contributed by atoms with Crippen LogP contribution in [0, 0.1) is 11.3 Å². The molecule has 2 fully saturated rings. The third-order valence-electron chi connectivity index (χ3n) is 7.44. The van der Waals surface area contributed by atoms with E-state index in [0.29, 0.717) is 18.1 Å². The van der Waals surface area contributed by atoms with Gasteiger partial charge in [0, 0.05) is 56.9 Å². The lowest BCUT2D eigenvalue weighted by Crippen LogP contribution is -2.50. The minimum atomic E-state index is -0.0273. The number of benzene rings is 1. The number of rotatable bonds is 4. The fraction of sp³-hybridized carbons (Fsp3) is 0.536. The molecule has 0 atom stereocenters. The summed E-state index contributed by atoms with van der Waals surface area (Å²) in [6.45, 7) is 10.4. The van der Waals surface area contributed by atoms with E-state index < -0.39 is 0 Å². The summed E-state index contributed by atoms with van der Waals surface area (Å²) in [6, 6.07) is 12.5. The van der Waals surface area contributed by atoms with Gasteiger partial charge in [-0.3, -0.25) is 13.9 Å². The zero-order chi connectivity index (χ0) is 24.7. The second kappa shape index (κ2) is 9.17.